The Bertz CT molecular complexity index is 691. The zero-order valence-electron chi connectivity index (χ0n) is 16.0. The first-order valence-corrected chi connectivity index (χ1v) is 10.8. The predicted molar refractivity (Wildman–Crippen MR) is 104 cm³/mol. The molecule has 1 saturated heterocycles. The van der Waals surface area contributed by atoms with Crippen molar-refractivity contribution in [2.75, 3.05) is 13.1 Å². The SMILES string of the molecule is CC(=O)N[C@H]1CC2(CCN([C@@H]3CC4CCCC[C@H]43)CC2)c2ccccc21. The van der Waals surface area contributed by atoms with Gasteiger partial charge in [0.1, 0.15) is 0 Å². The largest absolute Gasteiger partial charge is 0.349 e. The third kappa shape index (κ3) is 2.62. The first-order valence-electron chi connectivity index (χ1n) is 10.8. The predicted octanol–water partition coefficient (Wildman–Crippen LogP) is 4.18. The number of carbonyl (C=O) groups excluding carboxylic acids is 1. The first-order chi connectivity index (χ1) is 12.7. The zero-order valence-corrected chi connectivity index (χ0v) is 16.0. The lowest BCUT2D eigenvalue weighted by atomic mass is 9.61. The minimum absolute atomic E-state index is 0.0945. The van der Waals surface area contributed by atoms with E-state index in [1.165, 1.54) is 69.2 Å². The summed E-state index contributed by atoms with van der Waals surface area (Å²) in [6, 6.07) is 9.95. The van der Waals surface area contributed by atoms with Crippen LogP contribution in [0.25, 0.3) is 0 Å². The molecule has 1 aromatic carbocycles. The Morgan fingerprint density at radius 3 is 2.69 bits per heavy atom. The molecule has 140 valence electrons. The van der Waals surface area contributed by atoms with Crippen molar-refractivity contribution < 1.29 is 4.79 Å². The lowest BCUT2D eigenvalue weighted by molar-refractivity contribution is -0.119. The standard InChI is InChI=1S/C23H32N2O/c1-16(26)24-21-15-23(20-9-5-4-8-19(20)21)10-12-25(13-11-23)22-14-17-6-2-3-7-18(17)22/h4-5,8-9,17-18,21-22H,2-3,6-7,10-15H2,1H3,(H,24,26)/t17?,18-,21+,22-/m1/s1. The molecule has 1 unspecified atom stereocenters. The average Bonchev–Trinajstić information content (AvgIpc) is 2.91. The highest BCUT2D eigenvalue weighted by atomic mass is 16.1. The third-order valence-electron chi connectivity index (χ3n) is 8.11. The van der Waals surface area contributed by atoms with Crippen LogP contribution in [0, 0.1) is 11.8 Å². The van der Waals surface area contributed by atoms with Gasteiger partial charge in [0, 0.05) is 18.4 Å². The monoisotopic (exact) mass is 352 g/mol. The number of nitrogens with one attached hydrogen (secondary N) is 1. The van der Waals surface area contributed by atoms with Crippen molar-refractivity contribution in [3.8, 4) is 0 Å². The average molecular weight is 353 g/mol. The third-order valence-corrected chi connectivity index (χ3v) is 8.11. The van der Waals surface area contributed by atoms with Crippen LogP contribution in [-0.2, 0) is 10.2 Å². The molecular formula is C23H32N2O. The fraction of sp³-hybridized carbons (Fsp3) is 0.696. The molecule has 1 heterocycles. The van der Waals surface area contributed by atoms with Crippen molar-refractivity contribution in [3.05, 3.63) is 35.4 Å². The summed E-state index contributed by atoms with van der Waals surface area (Å²) in [7, 11) is 0. The number of carbonyl (C=O) groups is 1. The quantitative estimate of drug-likeness (QED) is 0.866. The van der Waals surface area contributed by atoms with Crippen molar-refractivity contribution in [2.45, 2.75) is 75.8 Å². The van der Waals surface area contributed by atoms with Crippen LogP contribution in [0.5, 0.6) is 0 Å². The maximum Gasteiger partial charge on any atom is 0.217 e. The molecule has 1 amide bonds. The van der Waals surface area contributed by atoms with Crippen molar-refractivity contribution in [1.29, 1.82) is 0 Å². The number of hydrogen-bond acceptors (Lipinski definition) is 2. The molecule has 0 radical (unpaired) electrons. The number of benzene rings is 1. The van der Waals surface area contributed by atoms with Gasteiger partial charge in [0.05, 0.1) is 6.04 Å². The summed E-state index contributed by atoms with van der Waals surface area (Å²) in [6.07, 6.45) is 11.0. The molecule has 0 bridgehead atoms. The highest BCUT2D eigenvalue weighted by molar-refractivity contribution is 5.73. The van der Waals surface area contributed by atoms with E-state index in [1.807, 2.05) is 0 Å². The molecule has 4 atom stereocenters. The summed E-state index contributed by atoms with van der Waals surface area (Å²) in [4.78, 5) is 14.5. The number of amides is 1. The zero-order chi connectivity index (χ0) is 17.7. The van der Waals surface area contributed by atoms with E-state index < -0.39 is 0 Å². The maximum atomic E-state index is 11.7. The molecule has 4 aliphatic rings. The van der Waals surface area contributed by atoms with Gasteiger partial charge in [-0.05, 0) is 68.2 Å². The Kier molecular flexibility index (Phi) is 4.11. The summed E-state index contributed by atoms with van der Waals surface area (Å²) in [6.45, 7) is 4.14. The normalized spacial score (nSPS) is 35.4. The molecule has 1 aromatic rings. The number of fused-ring (bicyclic) bond motifs is 3. The molecule has 5 rings (SSSR count). The van der Waals surface area contributed by atoms with Crippen molar-refractivity contribution in [3.63, 3.8) is 0 Å². The van der Waals surface area contributed by atoms with Crippen molar-refractivity contribution in [2.24, 2.45) is 11.8 Å². The van der Waals surface area contributed by atoms with Gasteiger partial charge in [-0.25, -0.2) is 0 Å². The van der Waals surface area contributed by atoms with Gasteiger partial charge in [-0.3, -0.25) is 4.79 Å². The highest BCUT2D eigenvalue weighted by Gasteiger charge is 2.49. The lowest BCUT2D eigenvalue weighted by Crippen LogP contribution is -2.57. The molecule has 1 N–H and O–H groups in total. The van der Waals surface area contributed by atoms with E-state index in [9.17, 15) is 4.79 Å². The fourth-order valence-electron chi connectivity index (χ4n) is 6.77. The Balaban J connectivity index is 1.30. The van der Waals surface area contributed by atoms with Crippen molar-refractivity contribution in [1.82, 2.24) is 10.2 Å². The van der Waals surface area contributed by atoms with Crippen LogP contribution in [0.1, 0.15) is 75.5 Å². The number of nitrogens with zero attached hydrogens (tertiary/aromatic N) is 1. The molecule has 3 fully saturated rings. The summed E-state index contributed by atoms with van der Waals surface area (Å²) in [5, 5.41) is 3.21. The van der Waals surface area contributed by atoms with E-state index in [2.05, 4.69) is 34.5 Å². The molecule has 3 nitrogen and oxygen atoms in total. The van der Waals surface area contributed by atoms with E-state index in [0.29, 0.717) is 0 Å². The summed E-state index contributed by atoms with van der Waals surface area (Å²) < 4.78 is 0. The van der Waals surface area contributed by atoms with E-state index in [4.69, 9.17) is 0 Å². The molecule has 0 aromatic heterocycles. The summed E-state index contributed by atoms with van der Waals surface area (Å²) in [5.74, 6) is 2.14. The van der Waals surface area contributed by atoms with Gasteiger partial charge in [0.25, 0.3) is 0 Å². The van der Waals surface area contributed by atoms with Gasteiger partial charge >= 0.3 is 0 Å². The molecule has 2 saturated carbocycles. The van der Waals surface area contributed by atoms with Crippen LogP contribution in [0.15, 0.2) is 24.3 Å². The van der Waals surface area contributed by atoms with Gasteiger partial charge in [0.15, 0.2) is 0 Å². The van der Waals surface area contributed by atoms with Gasteiger partial charge in [0.2, 0.25) is 5.91 Å². The smallest absolute Gasteiger partial charge is 0.217 e. The first kappa shape index (κ1) is 16.8. The van der Waals surface area contributed by atoms with Crippen LogP contribution in [0.3, 0.4) is 0 Å². The highest BCUT2D eigenvalue weighted by Crippen LogP contribution is 2.53. The number of likely N-dealkylation sites (tertiary alicyclic amines) is 1. The second-order valence-electron chi connectivity index (χ2n) is 9.37. The lowest BCUT2D eigenvalue weighted by Gasteiger charge is -2.55. The minimum Gasteiger partial charge on any atom is -0.349 e. The van der Waals surface area contributed by atoms with Gasteiger partial charge < -0.3 is 10.2 Å². The minimum atomic E-state index is 0.0945. The Morgan fingerprint density at radius 2 is 1.92 bits per heavy atom. The van der Waals surface area contributed by atoms with Crippen LogP contribution in [0.4, 0.5) is 0 Å². The summed E-state index contributed by atoms with van der Waals surface area (Å²) in [5.41, 5.74) is 3.17. The maximum absolute atomic E-state index is 11.7. The van der Waals surface area contributed by atoms with Crippen LogP contribution < -0.4 is 5.32 Å². The number of piperidine rings is 1. The van der Waals surface area contributed by atoms with Gasteiger partial charge in [-0.2, -0.15) is 0 Å². The molecule has 3 heteroatoms. The van der Waals surface area contributed by atoms with E-state index in [-0.39, 0.29) is 17.4 Å². The number of hydrogen-bond donors (Lipinski definition) is 1. The Morgan fingerprint density at radius 1 is 1.15 bits per heavy atom. The second kappa shape index (κ2) is 6.37. The molecular weight excluding hydrogens is 320 g/mol. The molecule has 3 aliphatic carbocycles. The molecule has 26 heavy (non-hydrogen) atoms. The van der Waals surface area contributed by atoms with Gasteiger partial charge in [-0.1, -0.05) is 43.5 Å². The van der Waals surface area contributed by atoms with Crippen molar-refractivity contribution >= 4 is 5.91 Å². The Labute approximate surface area is 157 Å². The fourth-order valence-corrected chi connectivity index (χ4v) is 6.77. The number of rotatable bonds is 2. The van der Waals surface area contributed by atoms with E-state index >= 15 is 0 Å². The topological polar surface area (TPSA) is 32.3 Å². The van der Waals surface area contributed by atoms with Crippen LogP contribution in [-0.4, -0.2) is 29.9 Å². The molecule has 1 spiro atoms. The molecule has 1 aliphatic heterocycles. The second-order valence-corrected chi connectivity index (χ2v) is 9.37. The Hall–Kier alpha value is -1.35. The summed E-state index contributed by atoms with van der Waals surface area (Å²) >= 11 is 0. The van der Waals surface area contributed by atoms with E-state index in [0.717, 1.165) is 24.3 Å². The van der Waals surface area contributed by atoms with Gasteiger partial charge in [-0.15, -0.1) is 0 Å². The van der Waals surface area contributed by atoms with Crippen LogP contribution in [0.2, 0.25) is 0 Å². The van der Waals surface area contributed by atoms with E-state index in [1.54, 1.807) is 6.92 Å². The van der Waals surface area contributed by atoms with Crippen LogP contribution >= 0.6 is 0 Å².